The van der Waals surface area contributed by atoms with Gasteiger partial charge in [-0.15, -0.1) is 0 Å². The van der Waals surface area contributed by atoms with Crippen molar-refractivity contribution in [1.29, 1.82) is 5.26 Å². The predicted molar refractivity (Wildman–Crippen MR) is 67.5 cm³/mol. The molecule has 0 atom stereocenters. The van der Waals surface area contributed by atoms with Crippen molar-refractivity contribution in [1.82, 2.24) is 4.98 Å². The van der Waals surface area contributed by atoms with Crippen molar-refractivity contribution in [2.75, 3.05) is 5.32 Å². The van der Waals surface area contributed by atoms with Gasteiger partial charge < -0.3 is 5.32 Å². The van der Waals surface area contributed by atoms with E-state index in [0.717, 1.165) is 5.82 Å². The third-order valence-corrected chi connectivity index (χ3v) is 2.58. The minimum absolute atomic E-state index is 0.430. The molecule has 0 saturated carbocycles. The summed E-state index contributed by atoms with van der Waals surface area (Å²) in [6.45, 7) is 2.80. The van der Waals surface area contributed by atoms with Gasteiger partial charge in [0.25, 0.3) is 0 Å². The predicted octanol–water partition coefficient (Wildman–Crippen LogP) is 2.87. The molecular formula is C14H13N3. The van der Waals surface area contributed by atoms with E-state index in [-0.39, 0.29) is 0 Å². The van der Waals surface area contributed by atoms with Gasteiger partial charge in [0, 0.05) is 6.54 Å². The number of rotatable bonds is 3. The second-order valence-corrected chi connectivity index (χ2v) is 3.80. The molecule has 1 heterocycles. The number of aromatic nitrogens is 1. The van der Waals surface area contributed by atoms with Crippen molar-refractivity contribution in [2.24, 2.45) is 0 Å². The van der Waals surface area contributed by atoms with Crippen LogP contribution in [0.2, 0.25) is 0 Å². The summed E-state index contributed by atoms with van der Waals surface area (Å²) in [6.07, 6.45) is 0. The summed E-state index contributed by atoms with van der Waals surface area (Å²) >= 11 is 0. The fourth-order valence-electron chi connectivity index (χ4n) is 1.59. The van der Waals surface area contributed by atoms with Gasteiger partial charge in [-0.05, 0) is 30.2 Å². The first-order valence-corrected chi connectivity index (χ1v) is 5.45. The van der Waals surface area contributed by atoms with Gasteiger partial charge in [0.2, 0.25) is 0 Å². The van der Waals surface area contributed by atoms with E-state index in [1.165, 1.54) is 11.1 Å². The second-order valence-electron chi connectivity index (χ2n) is 3.80. The molecule has 17 heavy (non-hydrogen) atoms. The average Bonchev–Trinajstić information content (AvgIpc) is 2.38. The largest absolute Gasteiger partial charge is 0.366 e. The number of nitrogens with one attached hydrogen (secondary N) is 1. The highest BCUT2D eigenvalue weighted by molar-refractivity contribution is 5.40. The quantitative estimate of drug-likeness (QED) is 0.870. The van der Waals surface area contributed by atoms with Gasteiger partial charge in [-0.2, -0.15) is 5.26 Å². The Hall–Kier alpha value is -2.34. The lowest BCUT2D eigenvalue weighted by molar-refractivity contribution is 1.08. The van der Waals surface area contributed by atoms with E-state index in [1.54, 1.807) is 6.07 Å². The zero-order chi connectivity index (χ0) is 12.1. The maximum Gasteiger partial charge on any atom is 0.142 e. The van der Waals surface area contributed by atoms with Crippen LogP contribution < -0.4 is 5.32 Å². The van der Waals surface area contributed by atoms with E-state index in [4.69, 9.17) is 5.26 Å². The van der Waals surface area contributed by atoms with E-state index in [9.17, 15) is 0 Å². The standard InChI is InChI=1S/C14H13N3/c1-11-5-2-3-6-12(11)10-16-14-8-4-7-13(9-15)17-14/h2-8H,10H2,1H3,(H,16,17). The number of nitriles is 1. The number of nitrogens with zero attached hydrogens (tertiary/aromatic N) is 2. The molecule has 0 saturated heterocycles. The number of anilines is 1. The lowest BCUT2D eigenvalue weighted by Gasteiger charge is -2.08. The van der Waals surface area contributed by atoms with Crippen LogP contribution in [0.15, 0.2) is 42.5 Å². The molecule has 0 amide bonds. The molecule has 84 valence electrons. The smallest absolute Gasteiger partial charge is 0.142 e. The zero-order valence-corrected chi connectivity index (χ0v) is 9.64. The number of hydrogen-bond acceptors (Lipinski definition) is 3. The molecule has 0 unspecified atom stereocenters. The van der Waals surface area contributed by atoms with Crippen LogP contribution in [0.4, 0.5) is 5.82 Å². The van der Waals surface area contributed by atoms with Crippen LogP contribution in [0.1, 0.15) is 16.8 Å². The maximum atomic E-state index is 8.75. The fraction of sp³-hybridized carbons (Fsp3) is 0.143. The Balaban J connectivity index is 2.08. The van der Waals surface area contributed by atoms with E-state index in [2.05, 4.69) is 29.4 Å². The summed E-state index contributed by atoms with van der Waals surface area (Å²) in [4.78, 5) is 4.16. The Morgan fingerprint density at radius 1 is 1.18 bits per heavy atom. The third kappa shape index (κ3) is 2.82. The minimum atomic E-state index is 0.430. The molecule has 0 bridgehead atoms. The summed E-state index contributed by atoms with van der Waals surface area (Å²) < 4.78 is 0. The zero-order valence-electron chi connectivity index (χ0n) is 9.64. The Kier molecular flexibility index (Phi) is 3.37. The Morgan fingerprint density at radius 3 is 2.76 bits per heavy atom. The van der Waals surface area contributed by atoms with E-state index >= 15 is 0 Å². The number of benzene rings is 1. The number of aryl methyl sites for hydroxylation is 1. The van der Waals surface area contributed by atoms with Gasteiger partial charge in [0.15, 0.2) is 0 Å². The summed E-state index contributed by atoms with van der Waals surface area (Å²) in [7, 11) is 0. The Morgan fingerprint density at radius 2 is 2.00 bits per heavy atom. The first kappa shape index (κ1) is 11.2. The maximum absolute atomic E-state index is 8.75. The number of hydrogen-bond donors (Lipinski definition) is 1. The van der Waals surface area contributed by atoms with E-state index in [1.807, 2.05) is 30.3 Å². The molecule has 0 spiro atoms. The Labute approximate surface area is 101 Å². The molecule has 1 aromatic heterocycles. The van der Waals surface area contributed by atoms with Crippen LogP contribution in [-0.4, -0.2) is 4.98 Å². The highest BCUT2D eigenvalue weighted by atomic mass is 15.0. The van der Waals surface area contributed by atoms with Gasteiger partial charge in [-0.3, -0.25) is 0 Å². The van der Waals surface area contributed by atoms with Crippen molar-refractivity contribution in [3.05, 3.63) is 59.3 Å². The van der Waals surface area contributed by atoms with E-state index in [0.29, 0.717) is 12.2 Å². The molecule has 3 heteroatoms. The van der Waals surface area contributed by atoms with Crippen molar-refractivity contribution in [3.63, 3.8) is 0 Å². The van der Waals surface area contributed by atoms with Crippen LogP contribution >= 0.6 is 0 Å². The third-order valence-electron chi connectivity index (χ3n) is 2.58. The van der Waals surface area contributed by atoms with Crippen LogP contribution in [-0.2, 0) is 6.54 Å². The summed E-state index contributed by atoms with van der Waals surface area (Å²) in [5.41, 5.74) is 2.91. The fourth-order valence-corrected chi connectivity index (χ4v) is 1.59. The first-order chi connectivity index (χ1) is 8.29. The van der Waals surface area contributed by atoms with Gasteiger partial charge >= 0.3 is 0 Å². The Bertz CT molecular complexity index is 555. The highest BCUT2D eigenvalue weighted by Crippen LogP contribution is 2.10. The monoisotopic (exact) mass is 223 g/mol. The van der Waals surface area contributed by atoms with Crippen LogP contribution in [0.25, 0.3) is 0 Å². The summed E-state index contributed by atoms with van der Waals surface area (Å²) in [5, 5.41) is 12.0. The molecule has 1 N–H and O–H groups in total. The van der Waals surface area contributed by atoms with Crippen molar-refractivity contribution < 1.29 is 0 Å². The molecule has 1 aromatic carbocycles. The summed E-state index contributed by atoms with van der Waals surface area (Å²) in [5.74, 6) is 0.729. The lowest BCUT2D eigenvalue weighted by atomic mass is 10.1. The normalized spacial score (nSPS) is 9.65. The SMILES string of the molecule is Cc1ccccc1CNc1cccc(C#N)n1. The van der Waals surface area contributed by atoms with Crippen molar-refractivity contribution >= 4 is 5.82 Å². The lowest BCUT2D eigenvalue weighted by Crippen LogP contribution is -2.03. The molecule has 0 aliphatic carbocycles. The van der Waals surface area contributed by atoms with Crippen molar-refractivity contribution in [2.45, 2.75) is 13.5 Å². The minimum Gasteiger partial charge on any atom is -0.366 e. The highest BCUT2D eigenvalue weighted by Gasteiger charge is 1.99. The topological polar surface area (TPSA) is 48.7 Å². The molecule has 0 aliphatic heterocycles. The van der Waals surface area contributed by atoms with Gasteiger partial charge in [0.1, 0.15) is 17.6 Å². The van der Waals surface area contributed by atoms with Gasteiger partial charge in [-0.25, -0.2) is 4.98 Å². The van der Waals surface area contributed by atoms with Crippen LogP contribution in [0, 0.1) is 18.3 Å². The summed E-state index contributed by atoms with van der Waals surface area (Å²) in [6, 6.07) is 15.6. The van der Waals surface area contributed by atoms with E-state index < -0.39 is 0 Å². The molecule has 3 nitrogen and oxygen atoms in total. The first-order valence-electron chi connectivity index (χ1n) is 5.45. The number of pyridine rings is 1. The molecule has 2 rings (SSSR count). The molecule has 0 fully saturated rings. The van der Waals surface area contributed by atoms with Crippen LogP contribution in [0.3, 0.4) is 0 Å². The molecule has 2 aromatic rings. The second kappa shape index (κ2) is 5.13. The molecule has 0 radical (unpaired) electrons. The van der Waals surface area contributed by atoms with Crippen molar-refractivity contribution in [3.8, 4) is 6.07 Å². The van der Waals surface area contributed by atoms with Gasteiger partial charge in [-0.1, -0.05) is 30.3 Å². The van der Waals surface area contributed by atoms with Gasteiger partial charge in [0.05, 0.1) is 0 Å². The molecular weight excluding hydrogens is 210 g/mol. The average molecular weight is 223 g/mol. The molecule has 0 aliphatic rings. The van der Waals surface area contributed by atoms with Crippen LogP contribution in [0.5, 0.6) is 0 Å².